The minimum atomic E-state index is 0.0827. The molecule has 3 N–H and O–H groups in total. The summed E-state index contributed by atoms with van der Waals surface area (Å²) in [5.41, 5.74) is 0. The van der Waals surface area contributed by atoms with Crippen LogP contribution in [0.25, 0.3) is 0 Å². The zero-order chi connectivity index (χ0) is 14.2. The van der Waals surface area contributed by atoms with Crippen molar-refractivity contribution in [1.29, 1.82) is 0 Å². The number of hydrogen-bond donors (Lipinski definition) is 3. The fourth-order valence-corrected chi connectivity index (χ4v) is 2.63. The third kappa shape index (κ3) is 6.37. The lowest BCUT2D eigenvalue weighted by molar-refractivity contribution is -0.121. The van der Waals surface area contributed by atoms with E-state index in [1.807, 2.05) is 0 Å². The van der Waals surface area contributed by atoms with Crippen molar-refractivity contribution in [3.63, 3.8) is 0 Å². The summed E-state index contributed by atoms with van der Waals surface area (Å²) in [6, 6.07) is 0.819. The van der Waals surface area contributed by atoms with Crippen LogP contribution in [0.4, 0.5) is 0 Å². The largest absolute Gasteiger partial charge is 0.353 e. The molecule has 0 atom stereocenters. The van der Waals surface area contributed by atoms with Crippen LogP contribution in [0.1, 0.15) is 57.8 Å². The zero-order valence-electron chi connectivity index (χ0n) is 12.2. The van der Waals surface area contributed by atoms with Gasteiger partial charge in [-0.15, -0.1) is 0 Å². The highest BCUT2D eigenvalue weighted by molar-refractivity contribution is 5.78. The van der Waals surface area contributed by atoms with Gasteiger partial charge in [-0.2, -0.15) is 0 Å². The molecule has 2 amide bonds. The first-order valence-corrected chi connectivity index (χ1v) is 8.03. The van der Waals surface area contributed by atoms with Gasteiger partial charge in [-0.3, -0.25) is 9.59 Å². The second-order valence-electron chi connectivity index (χ2n) is 6.02. The molecule has 0 saturated heterocycles. The number of rotatable bonds is 8. The van der Waals surface area contributed by atoms with Gasteiger partial charge in [-0.25, -0.2) is 0 Å². The Labute approximate surface area is 121 Å². The average Bonchev–Trinajstić information content (AvgIpc) is 3.23. The third-order valence-corrected chi connectivity index (χ3v) is 3.96. The molecule has 114 valence electrons. The average molecular weight is 281 g/mol. The van der Waals surface area contributed by atoms with Gasteiger partial charge >= 0.3 is 0 Å². The lowest BCUT2D eigenvalue weighted by Gasteiger charge is -2.22. The molecular weight excluding hydrogens is 254 g/mol. The Balaban J connectivity index is 1.43. The molecule has 0 bridgehead atoms. The van der Waals surface area contributed by atoms with E-state index in [4.69, 9.17) is 0 Å². The summed E-state index contributed by atoms with van der Waals surface area (Å²) < 4.78 is 0. The molecule has 0 aromatic heterocycles. The van der Waals surface area contributed by atoms with Crippen LogP contribution in [0.5, 0.6) is 0 Å². The SMILES string of the molecule is O=C(CCCNCC(=O)NC1CCCCC1)NC1CC1. The summed E-state index contributed by atoms with van der Waals surface area (Å²) in [6.07, 6.45) is 9.59. The normalized spacial score (nSPS) is 19.6. The van der Waals surface area contributed by atoms with Crippen LogP contribution in [0.15, 0.2) is 0 Å². The maximum Gasteiger partial charge on any atom is 0.234 e. The number of nitrogens with one attached hydrogen (secondary N) is 3. The minimum Gasteiger partial charge on any atom is -0.353 e. The van der Waals surface area contributed by atoms with Crippen LogP contribution in [0.2, 0.25) is 0 Å². The van der Waals surface area contributed by atoms with Crippen LogP contribution in [-0.4, -0.2) is 37.0 Å². The first kappa shape index (κ1) is 15.3. The predicted molar refractivity (Wildman–Crippen MR) is 78.3 cm³/mol. The first-order chi connectivity index (χ1) is 9.74. The van der Waals surface area contributed by atoms with Crippen molar-refractivity contribution < 1.29 is 9.59 Å². The van der Waals surface area contributed by atoms with Crippen LogP contribution in [0, 0.1) is 0 Å². The summed E-state index contributed by atoms with van der Waals surface area (Å²) in [7, 11) is 0. The predicted octanol–water partition coefficient (Wildman–Crippen LogP) is 1.08. The van der Waals surface area contributed by atoms with Gasteiger partial charge in [0.05, 0.1) is 6.54 Å². The quantitative estimate of drug-likeness (QED) is 0.583. The second kappa shape index (κ2) is 8.25. The Bertz CT molecular complexity index is 323. The summed E-state index contributed by atoms with van der Waals surface area (Å²) in [5.74, 6) is 0.222. The molecule has 2 saturated carbocycles. The van der Waals surface area contributed by atoms with E-state index in [1.165, 1.54) is 19.3 Å². The van der Waals surface area contributed by atoms with Gasteiger partial charge in [0.1, 0.15) is 0 Å². The van der Waals surface area contributed by atoms with Crippen LogP contribution in [0.3, 0.4) is 0 Å². The lowest BCUT2D eigenvalue weighted by atomic mass is 9.95. The number of carbonyl (C=O) groups excluding carboxylic acids is 2. The zero-order valence-corrected chi connectivity index (χ0v) is 12.2. The molecule has 2 aliphatic rings. The Hall–Kier alpha value is -1.10. The third-order valence-electron chi connectivity index (χ3n) is 3.96. The Kier molecular flexibility index (Phi) is 6.30. The van der Waals surface area contributed by atoms with Gasteiger partial charge in [-0.05, 0) is 38.6 Å². The van der Waals surface area contributed by atoms with Crippen LogP contribution < -0.4 is 16.0 Å². The molecule has 0 aromatic carbocycles. The molecule has 0 spiro atoms. The van der Waals surface area contributed by atoms with Crippen molar-refractivity contribution >= 4 is 11.8 Å². The van der Waals surface area contributed by atoms with E-state index >= 15 is 0 Å². The number of carbonyl (C=O) groups is 2. The molecule has 0 heterocycles. The monoisotopic (exact) mass is 281 g/mol. The molecule has 0 radical (unpaired) electrons. The van der Waals surface area contributed by atoms with Gasteiger partial charge in [0, 0.05) is 18.5 Å². The molecule has 2 rings (SSSR count). The molecule has 2 fully saturated rings. The molecular formula is C15H27N3O2. The fraction of sp³-hybridized carbons (Fsp3) is 0.867. The summed E-state index contributed by atoms with van der Waals surface area (Å²) in [5, 5.41) is 9.14. The molecule has 5 heteroatoms. The highest BCUT2D eigenvalue weighted by Crippen LogP contribution is 2.18. The fourth-order valence-electron chi connectivity index (χ4n) is 2.63. The highest BCUT2D eigenvalue weighted by Gasteiger charge is 2.22. The summed E-state index contributed by atoms with van der Waals surface area (Å²) >= 11 is 0. The van der Waals surface area contributed by atoms with Gasteiger partial charge in [0.25, 0.3) is 0 Å². The van der Waals surface area contributed by atoms with E-state index in [0.29, 0.717) is 25.0 Å². The van der Waals surface area contributed by atoms with E-state index in [-0.39, 0.29) is 11.8 Å². The summed E-state index contributed by atoms with van der Waals surface area (Å²) in [6.45, 7) is 1.08. The molecule has 0 aromatic rings. The molecule has 5 nitrogen and oxygen atoms in total. The second-order valence-corrected chi connectivity index (χ2v) is 6.02. The van der Waals surface area contributed by atoms with Gasteiger partial charge < -0.3 is 16.0 Å². The van der Waals surface area contributed by atoms with E-state index in [2.05, 4.69) is 16.0 Å². The van der Waals surface area contributed by atoms with E-state index in [0.717, 1.165) is 38.6 Å². The maximum absolute atomic E-state index is 11.7. The van der Waals surface area contributed by atoms with Crippen molar-refractivity contribution in [2.45, 2.75) is 69.9 Å². The van der Waals surface area contributed by atoms with E-state index in [1.54, 1.807) is 0 Å². The Morgan fingerprint density at radius 2 is 1.50 bits per heavy atom. The van der Waals surface area contributed by atoms with Crippen LogP contribution in [-0.2, 0) is 9.59 Å². The Morgan fingerprint density at radius 1 is 0.850 bits per heavy atom. The standard InChI is InChI=1S/C15H27N3O2/c19-14(17-13-8-9-13)7-4-10-16-11-15(20)18-12-5-2-1-3-6-12/h12-13,16H,1-11H2,(H,17,19)(H,18,20). The number of amides is 2. The van der Waals surface area contributed by atoms with Gasteiger partial charge in [0.2, 0.25) is 11.8 Å². The van der Waals surface area contributed by atoms with E-state index in [9.17, 15) is 9.59 Å². The van der Waals surface area contributed by atoms with Crippen molar-refractivity contribution in [3.05, 3.63) is 0 Å². The maximum atomic E-state index is 11.7. The van der Waals surface area contributed by atoms with Crippen molar-refractivity contribution in [3.8, 4) is 0 Å². The topological polar surface area (TPSA) is 70.2 Å². The van der Waals surface area contributed by atoms with Crippen molar-refractivity contribution in [2.24, 2.45) is 0 Å². The minimum absolute atomic E-state index is 0.0827. The van der Waals surface area contributed by atoms with Crippen molar-refractivity contribution in [2.75, 3.05) is 13.1 Å². The van der Waals surface area contributed by atoms with Gasteiger partial charge in [0.15, 0.2) is 0 Å². The summed E-state index contributed by atoms with van der Waals surface area (Å²) in [4.78, 5) is 23.1. The molecule has 20 heavy (non-hydrogen) atoms. The van der Waals surface area contributed by atoms with Crippen LogP contribution >= 0.6 is 0 Å². The van der Waals surface area contributed by atoms with E-state index < -0.39 is 0 Å². The molecule has 0 aliphatic heterocycles. The molecule has 2 aliphatic carbocycles. The first-order valence-electron chi connectivity index (χ1n) is 8.03. The Morgan fingerprint density at radius 3 is 2.20 bits per heavy atom. The molecule has 0 unspecified atom stereocenters. The van der Waals surface area contributed by atoms with Crippen molar-refractivity contribution in [1.82, 2.24) is 16.0 Å². The lowest BCUT2D eigenvalue weighted by Crippen LogP contribution is -2.41. The number of hydrogen-bond acceptors (Lipinski definition) is 3. The van der Waals surface area contributed by atoms with Gasteiger partial charge in [-0.1, -0.05) is 19.3 Å². The smallest absolute Gasteiger partial charge is 0.234 e. The highest BCUT2D eigenvalue weighted by atomic mass is 16.2.